The number of amides is 1. The number of rotatable bonds is 6. The van der Waals surface area contributed by atoms with Gasteiger partial charge in [0.1, 0.15) is 23.4 Å². The average molecular weight is 407 g/mol. The Morgan fingerprint density at radius 3 is 2.69 bits per heavy atom. The number of hydrogen-bond acceptors (Lipinski definition) is 8. The summed E-state index contributed by atoms with van der Waals surface area (Å²) in [7, 11) is 0. The number of carbonyl (C=O) groups is 2. The van der Waals surface area contributed by atoms with Gasteiger partial charge >= 0.3 is 5.97 Å². The lowest BCUT2D eigenvalue weighted by Gasteiger charge is -2.20. The number of thiazole rings is 1. The summed E-state index contributed by atoms with van der Waals surface area (Å²) in [4.78, 5) is 33.0. The van der Waals surface area contributed by atoms with E-state index in [0.717, 1.165) is 10.7 Å². The van der Waals surface area contributed by atoms with Crippen molar-refractivity contribution < 1.29 is 14.3 Å². The van der Waals surface area contributed by atoms with Crippen LogP contribution in [0.25, 0.3) is 10.7 Å². The number of hydrazone groups is 1. The molecule has 1 aromatic carbocycles. The predicted molar refractivity (Wildman–Crippen MR) is 109 cm³/mol. The molecule has 0 aliphatic carbocycles. The molecule has 0 saturated carbocycles. The second kappa shape index (κ2) is 8.19. The minimum absolute atomic E-state index is 0.00770. The third-order valence-electron chi connectivity index (χ3n) is 4.28. The topological polar surface area (TPSA) is 111 Å². The van der Waals surface area contributed by atoms with E-state index in [9.17, 15) is 9.59 Å². The average Bonchev–Trinajstić information content (AvgIpc) is 3.41. The van der Waals surface area contributed by atoms with Gasteiger partial charge in [-0.1, -0.05) is 24.3 Å². The number of esters is 1. The molecular formula is C20H17N5O3S. The van der Waals surface area contributed by atoms with Gasteiger partial charge in [-0.05, 0) is 24.3 Å². The Morgan fingerprint density at radius 2 is 1.97 bits per heavy atom. The minimum Gasteiger partial charge on any atom is -0.455 e. The number of primary amides is 1. The minimum atomic E-state index is -0.727. The molecule has 9 heteroatoms. The molecule has 0 radical (unpaired) electrons. The molecule has 2 aromatic heterocycles. The zero-order valence-electron chi connectivity index (χ0n) is 15.3. The largest absolute Gasteiger partial charge is 0.455 e. The van der Waals surface area contributed by atoms with E-state index in [2.05, 4.69) is 15.1 Å². The van der Waals surface area contributed by atoms with Gasteiger partial charge in [0.15, 0.2) is 0 Å². The van der Waals surface area contributed by atoms with E-state index in [4.69, 9.17) is 10.5 Å². The highest BCUT2D eigenvalue weighted by Gasteiger charge is 2.35. The van der Waals surface area contributed by atoms with Gasteiger partial charge in [-0.25, -0.2) is 9.78 Å². The van der Waals surface area contributed by atoms with Crippen molar-refractivity contribution in [3.8, 4) is 10.7 Å². The number of pyridine rings is 1. The van der Waals surface area contributed by atoms with Crippen LogP contribution in [0.15, 0.2) is 65.2 Å². The van der Waals surface area contributed by atoms with Crippen LogP contribution in [0.2, 0.25) is 0 Å². The molecule has 0 saturated heterocycles. The molecular weight excluding hydrogens is 390 g/mol. The zero-order chi connectivity index (χ0) is 20.2. The Labute approximate surface area is 170 Å². The summed E-state index contributed by atoms with van der Waals surface area (Å²) in [6.07, 6.45) is 1.79. The summed E-state index contributed by atoms with van der Waals surface area (Å²) in [6.45, 7) is 0.00770. The molecule has 1 amide bonds. The van der Waals surface area contributed by atoms with Crippen LogP contribution >= 0.6 is 11.3 Å². The van der Waals surface area contributed by atoms with Gasteiger partial charge in [-0.15, -0.1) is 11.3 Å². The highest BCUT2D eigenvalue weighted by Crippen LogP contribution is 2.25. The van der Waals surface area contributed by atoms with Crippen molar-refractivity contribution in [2.45, 2.75) is 19.1 Å². The van der Waals surface area contributed by atoms with Crippen molar-refractivity contribution in [2.75, 3.05) is 5.01 Å². The molecule has 146 valence electrons. The summed E-state index contributed by atoms with van der Waals surface area (Å²) in [5, 5.41) is 8.30. The number of benzene rings is 1. The second-order valence-corrected chi connectivity index (χ2v) is 7.14. The van der Waals surface area contributed by atoms with Gasteiger partial charge in [0, 0.05) is 18.0 Å². The number of nitrogens with two attached hydrogens (primary N) is 1. The molecule has 1 aliphatic heterocycles. The van der Waals surface area contributed by atoms with Crippen LogP contribution in [0.4, 0.5) is 5.69 Å². The van der Waals surface area contributed by atoms with E-state index in [1.54, 1.807) is 18.3 Å². The van der Waals surface area contributed by atoms with Crippen LogP contribution in [0.3, 0.4) is 0 Å². The summed E-state index contributed by atoms with van der Waals surface area (Å²) in [5.41, 5.74) is 7.70. The van der Waals surface area contributed by atoms with Crippen LogP contribution in [0, 0.1) is 0 Å². The molecule has 8 nitrogen and oxygen atoms in total. The summed E-state index contributed by atoms with van der Waals surface area (Å²) in [5.74, 6) is -1.15. The molecule has 3 aromatic rings. The second-order valence-electron chi connectivity index (χ2n) is 6.28. The van der Waals surface area contributed by atoms with Crippen molar-refractivity contribution in [1.29, 1.82) is 0 Å². The van der Waals surface area contributed by atoms with Crippen molar-refractivity contribution in [1.82, 2.24) is 9.97 Å². The van der Waals surface area contributed by atoms with Crippen LogP contribution in [-0.4, -0.2) is 33.6 Å². The quantitative estimate of drug-likeness (QED) is 0.628. The SMILES string of the molecule is NC(=O)C1CC(C(=O)OCc2csc(-c3ccccn3)n2)=NN1c1ccccc1. The normalized spacial score (nSPS) is 15.8. The van der Waals surface area contributed by atoms with Gasteiger partial charge < -0.3 is 10.5 Å². The van der Waals surface area contributed by atoms with E-state index >= 15 is 0 Å². The van der Waals surface area contributed by atoms with Crippen molar-refractivity contribution in [2.24, 2.45) is 10.8 Å². The van der Waals surface area contributed by atoms with E-state index < -0.39 is 17.9 Å². The number of ether oxygens (including phenoxy) is 1. The third kappa shape index (κ3) is 4.14. The molecule has 2 N–H and O–H groups in total. The molecule has 0 bridgehead atoms. The van der Waals surface area contributed by atoms with E-state index in [1.165, 1.54) is 16.3 Å². The Bertz CT molecular complexity index is 1050. The summed E-state index contributed by atoms with van der Waals surface area (Å²) in [6, 6.07) is 13.9. The first-order valence-corrected chi connectivity index (χ1v) is 9.74. The van der Waals surface area contributed by atoms with E-state index in [-0.39, 0.29) is 18.7 Å². The number of carbonyl (C=O) groups excluding carboxylic acids is 2. The van der Waals surface area contributed by atoms with Gasteiger partial charge in [0.2, 0.25) is 5.91 Å². The van der Waals surface area contributed by atoms with Crippen molar-refractivity contribution in [3.05, 3.63) is 65.8 Å². The molecule has 1 unspecified atom stereocenters. The number of aromatic nitrogens is 2. The van der Waals surface area contributed by atoms with Crippen LogP contribution < -0.4 is 10.7 Å². The Balaban J connectivity index is 1.43. The third-order valence-corrected chi connectivity index (χ3v) is 5.20. The smallest absolute Gasteiger partial charge is 0.354 e. The first-order valence-electron chi connectivity index (χ1n) is 8.86. The fraction of sp³-hybridized carbons (Fsp3) is 0.150. The number of nitrogens with zero attached hydrogens (tertiary/aromatic N) is 4. The van der Waals surface area contributed by atoms with Crippen molar-refractivity contribution in [3.63, 3.8) is 0 Å². The first kappa shape index (κ1) is 18.8. The first-order chi connectivity index (χ1) is 14.1. The lowest BCUT2D eigenvalue weighted by Crippen LogP contribution is -2.39. The number of hydrogen-bond donors (Lipinski definition) is 1. The molecule has 29 heavy (non-hydrogen) atoms. The van der Waals surface area contributed by atoms with Gasteiger partial charge in [0.25, 0.3) is 0 Å². The predicted octanol–water partition coefficient (Wildman–Crippen LogP) is 2.37. The Kier molecular flexibility index (Phi) is 5.30. The molecule has 0 fully saturated rings. The highest BCUT2D eigenvalue weighted by molar-refractivity contribution is 7.13. The molecule has 4 rings (SSSR count). The maximum atomic E-state index is 12.5. The fourth-order valence-electron chi connectivity index (χ4n) is 2.88. The Morgan fingerprint density at radius 1 is 1.17 bits per heavy atom. The lowest BCUT2D eigenvalue weighted by molar-refractivity contribution is -0.137. The fourth-order valence-corrected chi connectivity index (χ4v) is 3.66. The lowest BCUT2D eigenvalue weighted by atomic mass is 10.1. The summed E-state index contributed by atoms with van der Waals surface area (Å²) < 4.78 is 5.35. The highest BCUT2D eigenvalue weighted by atomic mass is 32.1. The molecule has 1 atom stereocenters. The van der Waals surface area contributed by atoms with Crippen LogP contribution in [0.5, 0.6) is 0 Å². The van der Waals surface area contributed by atoms with Gasteiger partial charge in [0.05, 0.1) is 17.1 Å². The van der Waals surface area contributed by atoms with Gasteiger partial charge in [-0.2, -0.15) is 5.10 Å². The van der Waals surface area contributed by atoms with E-state index in [1.807, 2.05) is 41.8 Å². The van der Waals surface area contributed by atoms with Gasteiger partial charge in [-0.3, -0.25) is 14.8 Å². The van der Waals surface area contributed by atoms with Crippen molar-refractivity contribution >= 4 is 34.6 Å². The molecule has 0 spiro atoms. The molecule has 3 heterocycles. The number of para-hydroxylation sites is 1. The van der Waals surface area contributed by atoms with E-state index in [0.29, 0.717) is 11.4 Å². The zero-order valence-corrected chi connectivity index (χ0v) is 16.1. The van der Waals surface area contributed by atoms with Crippen LogP contribution in [0.1, 0.15) is 12.1 Å². The van der Waals surface area contributed by atoms with Crippen LogP contribution in [-0.2, 0) is 20.9 Å². The number of anilines is 1. The monoisotopic (exact) mass is 407 g/mol. The maximum Gasteiger partial charge on any atom is 0.354 e. The standard InChI is InChI=1S/C20H17N5O3S/c21-18(26)17-10-16(24-25(17)14-6-2-1-3-7-14)20(27)28-11-13-12-29-19(23-13)15-8-4-5-9-22-15/h1-9,12,17H,10-11H2,(H2,21,26). The molecule has 1 aliphatic rings. The Hall–Kier alpha value is -3.59. The maximum absolute atomic E-state index is 12.5. The summed E-state index contributed by atoms with van der Waals surface area (Å²) >= 11 is 1.42.